The Labute approximate surface area is 96.6 Å². The van der Waals surface area contributed by atoms with Crippen molar-refractivity contribution >= 4 is 11.6 Å². The number of hydrogen-bond donors (Lipinski definition) is 2. The molecule has 1 aromatic rings. The summed E-state index contributed by atoms with van der Waals surface area (Å²) in [4.78, 5) is 0. The van der Waals surface area contributed by atoms with Gasteiger partial charge in [-0.15, -0.1) is 0 Å². The van der Waals surface area contributed by atoms with Gasteiger partial charge in [-0.3, -0.25) is 0 Å². The normalized spacial score (nSPS) is 12.8. The van der Waals surface area contributed by atoms with Crippen molar-refractivity contribution in [2.45, 2.75) is 32.2 Å². The maximum Gasteiger partial charge on any atom is 0.0408 e. The average molecular weight is 227 g/mol. The average Bonchev–Trinajstić information content (AvgIpc) is 2.17. The molecule has 0 fully saturated rings. The molecule has 0 heterocycles. The summed E-state index contributed by atoms with van der Waals surface area (Å²) in [6.45, 7) is 2.79. The van der Waals surface area contributed by atoms with E-state index in [1.54, 1.807) is 0 Å². The zero-order valence-corrected chi connectivity index (χ0v) is 9.93. The van der Waals surface area contributed by atoms with Gasteiger partial charge in [-0.2, -0.15) is 0 Å². The van der Waals surface area contributed by atoms with Crippen LogP contribution in [0.2, 0.25) is 5.02 Å². The van der Waals surface area contributed by atoms with Crippen LogP contribution in [0, 0.1) is 6.92 Å². The summed E-state index contributed by atoms with van der Waals surface area (Å²) in [5.74, 6) is 0. The van der Waals surface area contributed by atoms with Crippen LogP contribution in [0.25, 0.3) is 0 Å². The minimum Gasteiger partial charge on any atom is -0.330 e. The Hall–Kier alpha value is -0.570. The van der Waals surface area contributed by atoms with E-state index in [4.69, 9.17) is 23.1 Å². The standard InChI is InChI=1S/C12H19ClN2/c1-9-8-10(13)5-6-11(9)12(15)4-2-3-7-14/h5-6,8,12H,2-4,7,14-15H2,1H3/t12-/m0/s1. The molecule has 3 heteroatoms. The number of hydrogen-bond acceptors (Lipinski definition) is 2. The first kappa shape index (κ1) is 12.5. The summed E-state index contributed by atoms with van der Waals surface area (Å²) in [5, 5.41) is 0.769. The lowest BCUT2D eigenvalue weighted by atomic mass is 9.98. The summed E-state index contributed by atoms with van der Waals surface area (Å²) < 4.78 is 0. The molecule has 0 aliphatic heterocycles. The van der Waals surface area contributed by atoms with E-state index in [9.17, 15) is 0 Å². The first-order valence-corrected chi connectivity index (χ1v) is 5.74. The van der Waals surface area contributed by atoms with Crippen molar-refractivity contribution in [3.8, 4) is 0 Å². The van der Waals surface area contributed by atoms with Crippen LogP contribution >= 0.6 is 11.6 Å². The highest BCUT2D eigenvalue weighted by Gasteiger charge is 2.08. The molecule has 1 atom stereocenters. The van der Waals surface area contributed by atoms with Crippen LogP contribution in [0.4, 0.5) is 0 Å². The molecule has 0 saturated carbocycles. The second-order valence-corrected chi connectivity index (χ2v) is 4.33. The monoisotopic (exact) mass is 226 g/mol. The number of nitrogens with two attached hydrogens (primary N) is 2. The zero-order valence-electron chi connectivity index (χ0n) is 9.17. The van der Waals surface area contributed by atoms with Crippen molar-refractivity contribution in [3.05, 3.63) is 34.3 Å². The molecule has 1 aromatic carbocycles. The summed E-state index contributed by atoms with van der Waals surface area (Å²) >= 11 is 5.89. The van der Waals surface area contributed by atoms with Crippen LogP contribution < -0.4 is 11.5 Å². The minimum absolute atomic E-state index is 0.105. The molecule has 4 N–H and O–H groups in total. The van der Waals surface area contributed by atoms with E-state index in [1.807, 2.05) is 25.1 Å². The van der Waals surface area contributed by atoms with Crippen LogP contribution in [0.1, 0.15) is 36.4 Å². The van der Waals surface area contributed by atoms with Gasteiger partial charge in [0.05, 0.1) is 0 Å². The third kappa shape index (κ3) is 3.82. The summed E-state index contributed by atoms with van der Waals surface area (Å²) in [6, 6.07) is 5.98. The molecular weight excluding hydrogens is 208 g/mol. The zero-order chi connectivity index (χ0) is 11.3. The molecular formula is C12H19ClN2. The van der Waals surface area contributed by atoms with Crippen molar-refractivity contribution in [2.24, 2.45) is 11.5 Å². The minimum atomic E-state index is 0.105. The SMILES string of the molecule is Cc1cc(Cl)ccc1[C@@H](N)CCCCN. The topological polar surface area (TPSA) is 52.0 Å². The van der Waals surface area contributed by atoms with Gasteiger partial charge in [0.2, 0.25) is 0 Å². The lowest BCUT2D eigenvalue weighted by Gasteiger charge is -2.14. The van der Waals surface area contributed by atoms with Gasteiger partial charge in [0.25, 0.3) is 0 Å². The van der Waals surface area contributed by atoms with E-state index in [2.05, 4.69) is 0 Å². The highest BCUT2D eigenvalue weighted by molar-refractivity contribution is 6.30. The van der Waals surface area contributed by atoms with E-state index < -0.39 is 0 Å². The van der Waals surface area contributed by atoms with E-state index in [1.165, 1.54) is 11.1 Å². The van der Waals surface area contributed by atoms with Crippen LogP contribution in [0.15, 0.2) is 18.2 Å². The summed E-state index contributed by atoms with van der Waals surface area (Å²) in [6.07, 6.45) is 3.11. The summed E-state index contributed by atoms with van der Waals surface area (Å²) in [7, 11) is 0. The van der Waals surface area contributed by atoms with Gasteiger partial charge in [-0.05, 0) is 49.6 Å². The Bertz CT molecular complexity index is 312. The summed E-state index contributed by atoms with van der Waals surface area (Å²) in [5.41, 5.74) is 13.9. The molecule has 1 rings (SSSR count). The first-order chi connectivity index (χ1) is 7.15. The van der Waals surface area contributed by atoms with E-state index in [0.29, 0.717) is 0 Å². The lowest BCUT2D eigenvalue weighted by molar-refractivity contribution is 0.589. The Balaban J connectivity index is 2.61. The third-order valence-electron chi connectivity index (χ3n) is 2.60. The maximum absolute atomic E-state index is 6.10. The molecule has 0 bridgehead atoms. The Kier molecular flexibility index (Phi) is 5.09. The lowest BCUT2D eigenvalue weighted by Crippen LogP contribution is -2.12. The molecule has 0 spiro atoms. The molecule has 84 valence electrons. The highest BCUT2D eigenvalue weighted by Crippen LogP contribution is 2.23. The Morgan fingerprint density at radius 2 is 2.07 bits per heavy atom. The Morgan fingerprint density at radius 3 is 2.67 bits per heavy atom. The largest absolute Gasteiger partial charge is 0.330 e. The Morgan fingerprint density at radius 1 is 1.33 bits per heavy atom. The van der Waals surface area contributed by atoms with Gasteiger partial charge < -0.3 is 11.5 Å². The van der Waals surface area contributed by atoms with Gasteiger partial charge in [0.1, 0.15) is 0 Å². The number of benzene rings is 1. The number of rotatable bonds is 5. The van der Waals surface area contributed by atoms with Crippen molar-refractivity contribution in [2.75, 3.05) is 6.54 Å². The maximum atomic E-state index is 6.10. The van der Waals surface area contributed by atoms with Crippen LogP contribution in [0.3, 0.4) is 0 Å². The molecule has 15 heavy (non-hydrogen) atoms. The molecule has 0 aliphatic carbocycles. The van der Waals surface area contributed by atoms with Crippen LogP contribution in [0.5, 0.6) is 0 Å². The molecule has 2 nitrogen and oxygen atoms in total. The molecule has 0 aliphatic rings. The second-order valence-electron chi connectivity index (χ2n) is 3.89. The molecule has 0 aromatic heterocycles. The van der Waals surface area contributed by atoms with Crippen LogP contribution in [-0.4, -0.2) is 6.54 Å². The number of aryl methyl sites for hydroxylation is 1. The van der Waals surface area contributed by atoms with Gasteiger partial charge in [-0.1, -0.05) is 24.1 Å². The molecule has 0 radical (unpaired) electrons. The number of unbranched alkanes of at least 4 members (excludes halogenated alkanes) is 1. The fourth-order valence-corrected chi connectivity index (χ4v) is 1.95. The third-order valence-corrected chi connectivity index (χ3v) is 2.84. The van der Waals surface area contributed by atoms with Crippen molar-refractivity contribution in [1.29, 1.82) is 0 Å². The fourth-order valence-electron chi connectivity index (χ4n) is 1.72. The van der Waals surface area contributed by atoms with Gasteiger partial charge >= 0.3 is 0 Å². The van der Waals surface area contributed by atoms with Crippen LogP contribution in [-0.2, 0) is 0 Å². The highest BCUT2D eigenvalue weighted by atomic mass is 35.5. The van der Waals surface area contributed by atoms with Crippen molar-refractivity contribution < 1.29 is 0 Å². The molecule has 0 unspecified atom stereocenters. The predicted octanol–water partition coefficient (Wildman–Crippen LogP) is 2.78. The van der Waals surface area contributed by atoms with Crippen molar-refractivity contribution in [3.63, 3.8) is 0 Å². The van der Waals surface area contributed by atoms with E-state index in [-0.39, 0.29) is 6.04 Å². The van der Waals surface area contributed by atoms with Gasteiger partial charge in [0.15, 0.2) is 0 Å². The second kappa shape index (κ2) is 6.11. The van der Waals surface area contributed by atoms with Gasteiger partial charge in [-0.25, -0.2) is 0 Å². The fraction of sp³-hybridized carbons (Fsp3) is 0.500. The predicted molar refractivity (Wildman–Crippen MR) is 66.0 cm³/mol. The molecule has 0 amide bonds. The number of halogens is 1. The van der Waals surface area contributed by atoms with E-state index >= 15 is 0 Å². The molecule has 0 saturated heterocycles. The van der Waals surface area contributed by atoms with E-state index in [0.717, 1.165) is 30.8 Å². The first-order valence-electron chi connectivity index (χ1n) is 5.37. The van der Waals surface area contributed by atoms with Gasteiger partial charge in [0, 0.05) is 11.1 Å². The quantitative estimate of drug-likeness (QED) is 0.759. The van der Waals surface area contributed by atoms with Crippen molar-refractivity contribution in [1.82, 2.24) is 0 Å². The smallest absolute Gasteiger partial charge is 0.0408 e.